The molecule has 126 valence electrons. The molecule has 2 unspecified atom stereocenters. The normalized spacial score (nSPS) is 22.9. The predicted molar refractivity (Wildman–Crippen MR) is 97.1 cm³/mol. The lowest BCUT2D eigenvalue weighted by atomic mass is 9.92. The fourth-order valence-corrected chi connectivity index (χ4v) is 4.46. The van der Waals surface area contributed by atoms with Crippen molar-refractivity contribution in [3.63, 3.8) is 0 Å². The van der Waals surface area contributed by atoms with E-state index < -0.39 is 0 Å². The van der Waals surface area contributed by atoms with Crippen LogP contribution in [0.4, 0.5) is 0 Å². The molecule has 0 saturated heterocycles. The van der Waals surface area contributed by atoms with Gasteiger partial charge in [-0.05, 0) is 47.5 Å². The summed E-state index contributed by atoms with van der Waals surface area (Å²) >= 11 is 13.9. The molecule has 2 aromatic rings. The van der Waals surface area contributed by atoms with E-state index in [9.17, 15) is 4.79 Å². The first-order valence-corrected chi connectivity index (χ1v) is 9.68. The van der Waals surface area contributed by atoms with Crippen LogP contribution < -0.4 is 5.32 Å². The van der Waals surface area contributed by atoms with Crippen LogP contribution in [-0.4, -0.2) is 19.1 Å². The van der Waals surface area contributed by atoms with Gasteiger partial charge >= 0.3 is 0 Å². The Morgan fingerprint density at radius 1 is 1.25 bits per heavy atom. The van der Waals surface area contributed by atoms with Crippen LogP contribution in [0.3, 0.4) is 0 Å². The molecular weight excluding hydrogens is 365 g/mol. The Morgan fingerprint density at radius 2 is 2.08 bits per heavy atom. The van der Waals surface area contributed by atoms with Gasteiger partial charge in [-0.1, -0.05) is 29.3 Å². The zero-order valence-corrected chi connectivity index (χ0v) is 15.3. The van der Waals surface area contributed by atoms with E-state index in [1.54, 1.807) is 11.3 Å². The summed E-state index contributed by atoms with van der Waals surface area (Å²) in [4.78, 5) is 13.1. The molecule has 1 amide bonds. The van der Waals surface area contributed by atoms with Gasteiger partial charge in [0.05, 0.1) is 16.7 Å². The van der Waals surface area contributed by atoms with Crippen molar-refractivity contribution in [3.05, 3.63) is 55.7 Å². The van der Waals surface area contributed by atoms with Crippen LogP contribution in [0.15, 0.2) is 29.6 Å². The molecule has 2 heterocycles. The molecule has 3 nitrogen and oxygen atoms in total. The SMILES string of the molecule is O=C(NCC1OCC(c2ccc(Cl)c(Cl)c2)c2sccc21)C1CC1. The molecule has 1 aliphatic heterocycles. The maximum absolute atomic E-state index is 11.9. The highest BCUT2D eigenvalue weighted by atomic mass is 35.5. The molecule has 0 bridgehead atoms. The number of thiophene rings is 1. The number of carbonyl (C=O) groups is 1. The molecule has 1 N–H and O–H groups in total. The lowest BCUT2D eigenvalue weighted by molar-refractivity contribution is -0.123. The number of hydrogen-bond acceptors (Lipinski definition) is 3. The van der Waals surface area contributed by atoms with E-state index in [-0.39, 0.29) is 23.8 Å². The van der Waals surface area contributed by atoms with Crippen LogP contribution in [0.25, 0.3) is 0 Å². The number of fused-ring (bicyclic) bond motifs is 1. The Balaban J connectivity index is 1.53. The molecule has 6 heteroatoms. The lowest BCUT2D eigenvalue weighted by Crippen LogP contribution is -2.33. The summed E-state index contributed by atoms with van der Waals surface area (Å²) in [6.07, 6.45) is 1.95. The second-order valence-corrected chi connectivity index (χ2v) is 8.07. The van der Waals surface area contributed by atoms with Gasteiger partial charge in [0, 0.05) is 23.3 Å². The Kier molecular flexibility index (Phi) is 4.56. The van der Waals surface area contributed by atoms with Crippen LogP contribution in [0.5, 0.6) is 0 Å². The summed E-state index contributed by atoms with van der Waals surface area (Å²) in [6.45, 7) is 1.11. The number of nitrogens with one attached hydrogen (secondary N) is 1. The summed E-state index contributed by atoms with van der Waals surface area (Å²) < 4.78 is 6.07. The molecule has 2 aliphatic rings. The summed E-state index contributed by atoms with van der Waals surface area (Å²) in [6, 6.07) is 7.84. The van der Waals surface area contributed by atoms with Crippen molar-refractivity contribution in [2.24, 2.45) is 5.92 Å². The Bertz CT molecular complexity index is 772. The Morgan fingerprint density at radius 3 is 2.83 bits per heavy atom. The van der Waals surface area contributed by atoms with Crippen LogP contribution in [0.1, 0.15) is 40.9 Å². The molecule has 2 atom stereocenters. The average Bonchev–Trinajstić information content (AvgIpc) is 3.32. The van der Waals surface area contributed by atoms with Gasteiger partial charge in [0.15, 0.2) is 0 Å². The molecule has 0 spiro atoms. The largest absolute Gasteiger partial charge is 0.371 e. The highest BCUT2D eigenvalue weighted by Crippen LogP contribution is 2.42. The fourth-order valence-electron chi connectivity index (χ4n) is 3.09. The molecule has 24 heavy (non-hydrogen) atoms. The van der Waals surface area contributed by atoms with E-state index in [1.807, 2.05) is 18.2 Å². The van der Waals surface area contributed by atoms with E-state index in [0.717, 1.165) is 18.4 Å². The second-order valence-electron chi connectivity index (χ2n) is 6.31. The van der Waals surface area contributed by atoms with Crippen molar-refractivity contribution >= 4 is 40.4 Å². The lowest BCUT2D eigenvalue weighted by Gasteiger charge is -2.30. The molecule has 1 saturated carbocycles. The quantitative estimate of drug-likeness (QED) is 0.826. The molecule has 1 aromatic heterocycles. The van der Waals surface area contributed by atoms with Gasteiger partial charge in [0.25, 0.3) is 0 Å². The van der Waals surface area contributed by atoms with E-state index in [2.05, 4.69) is 16.8 Å². The third-order valence-corrected chi connectivity index (χ3v) is 6.40. The maximum atomic E-state index is 11.9. The number of carbonyl (C=O) groups excluding carboxylic acids is 1. The number of halogens is 2. The zero-order chi connectivity index (χ0) is 16.7. The van der Waals surface area contributed by atoms with Crippen LogP contribution in [0, 0.1) is 5.92 Å². The highest BCUT2D eigenvalue weighted by molar-refractivity contribution is 7.10. The summed E-state index contributed by atoms with van der Waals surface area (Å²) in [5.41, 5.74) is 2.27. The number of amides is 1. The molecule has 4 rings (SSSR count). The molecular formula is C18H17Cl2NO2S. The molecule has 0 radical (unpaired) electrons. The van der Waals surface area contributed by atoms with Crippen molar-refractivity contribution in [2.75, 3.05) is 13.2 Å². The fraction of sp³-hybridized carbons (Fsp3) is 0.389. The van der Waals surface area contributed by atoms with Crippen molar-refractivity contribution < 1.29 is 9.53 Å². The van der Waals surface area contributed by atoms with Crippen LogP contribution in [0.2, 0.25) is 10.0 Å². The minimum atomic E-state index is -0.0760. The molecule has 1 fully saturated rings. The van der Waals surface area contributed by atoms with Crippen molar-refractivity contribution in [3.8, 4) is 0 Å². The van der Waals surface area contributed by atoms with Gasteiger partial charge < -0.3 is 10.1 Å². The third-order valence-electron chi connectivity index (χ3n) is 4.61. The van der Waals surface area contributed by atoms with Crippen LogP contribution in [-0.2, 0) is 9.53 Å². The average molecular weight is 382 g/mol. The first kappa shape index (κ1) is 16.4. The zero-order valence-electron chi connectivity index (χ0n) is 12.9. The molecule has 1 aromatic carbocycles. The van der Waals surface area contributed by atoms with Gasteiger partial charge in [-0.3, -0.25) is 4.79 Å². The van der Waals surface area contributed by atoms with Gasteiger partial charge in [-0.15, -0.1) is 11.3 Å². The Hall–Kier alpha value is -1.07. The first-order chi connectivity index (χ1) is 11.6. The predicted octanol–water partition coefficient (Wildman–Crippen LogP) is 4.78. The van der Waals surface area contributed by atoms with Gasteiger partial charge in [0.1, 0.15) is 6.10 Å². The number of benzene rings is 1. The smallest absolute Gasteiger partial charge is 0.223 e. The van der Waals surface area contributed by atoms with Crippen molar-refractivity contribution in [1.82, 2.24) is 5.32 Å². The van der Waals surface area contributed by atoms with E-state index >= 15 is 0 Å². The highest BCUT2D eigenvalue weighted by Gasteiger charge is 2.33. The number of hydrogen-bond donors (Lipinski definition) is 1. The Labute approximate surface area is 154 Å². The topological polar surface area (TPSA) is 38.3 Å². The van der Waals surface area contributed by atoms with E-state index in [0.29, 0.717) is 23.2 Å². The summed E-state index contributed by atoms with van der Waals surface area (Å²) in [5.74, 6) is 0.534. The monoisotopic (exact) mass is 381 g/mol. The van der Waals surface area contributed by atoms with Gasteiger partial charge in [0.2, 0.25) is 5.91 Å². The standard InChI is InChI=1S/C18H17Cl2NO2S/c19-14-4-3-11(7-15(14)20)13-9-23-16(12-5-6-24-17(12)13)8-21-18(22)10-1-2-10/h3-7,10,13,16H,1-2,8-9H2,(H,21,22). The van der Waals surface area contributed by atoms with E-state index in [1.165, 1.54) is 10.4 Å². The molecule has 1 aliphatic carbocycles. The minimum absolute atomic E-state index is 0.0760. The van der Waals surface area contributed by atoms with Gasteiger partial charge in [-0.25, -0.2) is 0 Å². The van der Waals surface area contributed by atoms with Crippen LogP contribution >= 0.6 is 34.5 Å². The summed E-state index contributed by atoms with van der Waals surface area (Å²) in [7, 11) is 0. The van der Waals surface area contributed by atoms with Crippen molar-refractivity contribution in [2.45, 2.75) is 24.9 Å². The van der Waals surface area contributed by atoms with Gasteiger partial charge in [-0.2, -0.15) is 0 Å². The first-order valence-electron chi connectivity index (χ1n) is 8.05. The number of ether oxygens (including phenoxy) is 1. The minimum Gasteiger partial charge on any atom is -0.371 e. The third kappa shape index (κ3) is 3.21. The second kappa shape index (κ2) is 6.68. The van der Waals surface area contributed by atoms with E-state index in [4.69, 9.17) is 27.9 Å². The summed E-state index contributed by atoms with van der Waals surface area (Å²) in [5, 5.41) is 6.22. The maximum Gasteiger partial charge on any atom is 0.223 e. The number of rotatable bonds is 4. The van der Waals surface area contributed by atoms with Crippen molar-refractivity contribution in [1.29, 1.82) is 0 Å².